The number of hydrogen-bond acceptors (Lipinski definition) is 4. The number of fused-ring (bicyclic) bond motifs is 1. The zero-order valence-electron chi connectivity index (χ0n) is 20.4. The minimum atomic E-state index is -1.63. The maximum absolute atomic E-state index is 15.2. The zero-order chi connectivity index (χ0) is 25.4. The average molecular weight is 730 g/mol. The first kappa shape index (κ1) is 26.3. The molecular weight excluding hydrogens is 701 g/mol. The highest BCUT2D eigenvalue weighted by molar-refractivity contribution is 14.2. The third-order valence-electron chi connectivity index (χ3n) is 6.94. The molecule has 0 radical (unpaired) electrons. The average Bonchev–Trinajstić information content (AvgIpc) is 3.42. The van der Waals surface area contributed by atoms with E-state index in [4.69, 9.17) is 0 Å². The number of carbonyl (C=O) groups is 1. The van der Waals surface area contributed by atoms with Crippen LogP contribution in [0.1, 0.15) is 45.8 Å². The Hall–Kier alpha value is -1.31. The normalized spacial score (nSPS) is 18.5. The smallest absolute Gasteiger partial charge is 0.254 e. The molecule has 9 heteroatoms. The standard InChI is InChI=1S/C27H29FI2N4OS/c1-3-34-16-23(26(31-34)27(28,29)30)20-9-5-4-8-19(20)22-15-33(17-24-21(22)14-18(2)36-24)25(35)10-6-11-32-12-7-13-32/h4-6,8-10,14,16,22H,3,7,11-13,15,17H2,1-2H3/b10-6+/t22-/m0/s1. The molecule has 3 aromatic rings. The second-order valence-electron chi connectivity index (χ2n) is 9.40. The Morgan fingerprint density at radius 2 is 2.03 bits per heavy atom. The van der Waals surface area contributed by atoms with Gasteiger partial charge in [-0.3, -0.25) is 14.4 Å². The number of rotatable bonds is 7. The molecule has 2 aromatic heterocycles. The van der Waals surface area contributed by atoms with Gasteiger partial charge >= 0.3 is 0 Å². The number of hydrogen-bond donors (Lipinski definition) is 0. The van der Waals surface area contributed by atoms with Gasteiger partial charge < -0.3 is 4.90 Å². The molecule has 36 heavy (non-hydrogen) atoms. The maximum atomic E-state index is 15.2. The zero-order valence-corrected chi connectivity index (χ0v) is 25.5. The van der Waals surface area contributed by atoms with E-state index >= 15 is 4.39 Å². The highest BCUT2D eigenvalue weighted by atomic mass is 127. The van der Waals surface area contributed by atoms with E-state index < -0.39 is 1.68 Å². The molecule has 0 aliphatic carbocycles. The van der Waals surface area contributed by atoms with Crippen LogP contribution in [-0.2, 0) is 19.6 Å². The number of halogens is 3. The fourth-order valence-corrected chi connectivity index (χ4v) is 6.91. The lowest BCUT2D eigenvalue weighted by Crippen LogP contribution is -2.38. The number of aryl methyl sites for hydroxylation is 2. The number of amides is 1. The SMILES string of the molecule is CCn1cc(-c2ccccc2[C@@H]2CN(C(=O)/C=C/CN3CCC3)Cc3sc(C)cc32)c(C(F)(I)I)n1. The van der Waals surface area contributed by atoms with Crippen LogP contribution in [0.25, 0.3) is 11.1 Å². The van der Waals surface area contributed by atoms with E-state index in [0.29, 0.717) is 25.3 Å². The van der Waals surface area contributed by atoms with E-state index in [2.05, 4.69) is 35.1 Å². The summed E-state index contributed by atoms with van der Waals surface area (Å²) in [5.74, 6) is 0.0643. The Labute approximate surface area is 243 Å². The molecule has 0 bridgehead atoms. The van der Waals surface area contributed by atoms with Crippen LogP contribution in [0.2, 0.25) is 0 Å². The van der Waals surface area contributed by atoms with Crippen molar-refractivity contribution < 1.29 is 9.18 Å². The summed E-state index contributed by atoms with van der Waals surface area (Å²) < 4.78 is 15.4. The lowest BCUT2D eigenvalue weighted by molar-refractivity contribution is -0.127. The number of thiophene rings is 1. The quantitative estimate of drug-likeness (QED) is 0.156. The lowest BCUT2D eigenvalue weighted by atomic mass is 9.83. The molecule has 1 saturated heterocycles. The van der Waals surface area contributed by atoms with Gasteiger partial charge in [-0.25, -0.2) is 4.39 Å². The Morgan fingerprint density at radius 3 is 2.72 bits per heavy atom. The summed E-state index contributed by atoms with van der Waals surface area (Å²) in [6, 6.07) is 10.5. The van der Waals surface area contributed by atoms with E-state index in [9.17, 15) is 4.79 Å². The van der Waals surface area contributed by atoms with Crippen LogP contribution in [0, 0.1) is 6.92 Å². The van der Waals surface area contributed by atoms with Crippen molar-refractivity contribution >= 4 is 62.4 Å². The predicted octanol–water partition coefficient (Wildman–Crippen LogP) is 6.63. The van der Waals surface area contributed by atoms with Crippen LogP contribution >= 0.6 is 56.5 Å². The Kier molecular flexibility index (Phi) is 7.90. The molecule has 2 aliphatic rings. The fraction of sp³-hybridized carbons (Fsp3) is 0.407. The molecule has 0 N–H and O–H groups in total. The van der Waals surface area contributed by atoms with E-state index in [1.807, 2.05) is 81.4 Å². The summed E-state index contributed by atoms with van der Waals surface area (Å²) in [6.45, 7) is 9.09. The number of nitrogens with zero attached hydrogens (tertiary/aromatic N) is 4. The van der Waals surface area contributed by atoms with Gasteiger partial charge in [-0.05, 0) is 101 Å². The van der Waals surface area contributed by atoms with Crippen LogP contribution in [-0.4, -0.2) is 51.7 Å². The van der Waals surface area contributed by atoms with Crippen LogP contribution in [0.5, 0.6) is 0 Å². The first-order valence-electron chi connectivity index (χ1n) is 12.3. The molecule has 4 heterocycles. The molecule has 0 unspecified atom stereocenters. The summed E-state index contributed by atoms with van der Waals surface area (Å²) in [5, 5.41) is 4.56. The van der Waals surface area contributed by atoms with Gasteiger partial charge in [0, 0.05) is 53.1 Å². The van der Waals surface area contributed by atoms with E-state index in [1.54, 1.807) is 22.1 Å². The summed E-state index contributed by atoms with van der Waals surface area (Å²) in [5.41, 5.74) is 4.60. The predicted molar refractivity (Wildman–Crippen MR) is 161 cm³/mol. The number of carbonyl (C=O) groups excluding carboxylic acids is 1. The third kappa shape index (κ3) is 5.44. The number of likely N-dealkylation sites (tertiary alicyclic amines) is 1. The van der Waals surface area contributed by atoms with Gasteiger partial charge in [0.1, 0.15) is 5.69 Å². The largest absolute Gasteiger partial charge is 0.333 e. The summed E-state index contributed by atoms with van der Waals surface area (Å²) in [6.07, 6.45) is 6.92. The van der Waals surface area contributed by atoms with E-state index in [-0.39, 0.29) is 11.8 Å². The highest BCUT2D eigenvalue weighted by Crippen LogP contribution is 2.47. The Morgan fingerprint density at radius 1 is 1.25 bits per heavy atom. The second-order valence-corrected chi connectivity index (χ2v) is 15.8. The molecule has 2 aliphatic heterocycles. The van der Waals surface area contributed by atoms with Crippen LogP contribution in [0.15, 0.2) is 48.7 Å². The van der Waals surface area contributed by atoms with Gasteiger partial charge in [-0.2, -0.15) is 5.10 Å². The summed E-state index contributed by atoms with van der Waals surface area (Å²) in [7, 11) is 0. The molecule has 1 amide bonds. The van der Waals surface area contributed by atoms with Crippen molar-refractivity contribution in [2.45, 2.75) is 41.0 Å². The molecular formula is C27H29FI2N4OS. The Balaban J connectivity index is 1.52. The highest BCUT2D eigenvalue weighted by Gasteiger charge is 2.35. The van der Waals surface area contributed by atoms with Gasteiger partial charge in [0.25, 0.3) is 1.68 Å². The van der Waals surface area contributed by atoms with Crippen molar-refractivity contribution in [2.75, 3.05) is 26.2 Å². The van der Waals surface area contributed by atoms with E-state index in [1.165, 1.54) is 21.7 Å². The van der Waals surface area contributed by atoms with Crippen LogP contribution < -0.4 is 0 Å². The molecule has 5 rings (SSSR count). The first-order chi connectivity index (χ1) is 17.2. The molecule has 190 valence electrons. The summed E-state index contributed by atoms with van der Waals surface area (Å²) in [4.78, 5) is 20.0. The van der Waals surface area contributed by atoms with Crippen LogP contribution in [0.4, 0.5) is 4.39 Å². The third-order valence-corrected chi connectivity index (χ3v) is 9.02. The molecule has 1 aromatic carbocycles. The van der Waals surface area contributed by atoms with Crippen molar-refractivity contribution in [1.29, 1.82) is 0 Å². The van der Waals surface area contributed by atoms with Crippen LogP contribution in [0.3, 0.4) is 0 Å². The fourth-order valence-electron chi connectivity index (χ4n) is 5.00. The minimum absolute atomic E-state index is 0.0119. The maximum Gasteiger partial charge on any atom is 0.254 e. The van der Waals surface area contributed by atoms with E-state index in [0.717, 1.165) is 36.3 Å². The minimum Gasteiger partial charge on any atom is -0.333 e. The molecule has 5 nitrogen and oxygen atoms in total. The first-order valence-corrected chi connectivity index (χ1v) is 15.2. The second kappa shape index (κ2) is 10.8. The molecule has 0 spiro atoms. The molecule has 1 atom stereocenters. The topological polar surface area (TPSA) is 41.4 Å². The van der Waals surface area contributed by atoms with Crippen molar-refractivity contribution in [2.24, 2.45) is 0 Å². The number of benzene rings is 1. The van der Waals surface area contributed by atoms with Gasteiger partial charge in [0.15, 0.2) is 0 Å². The van der Waals surface area contributed by atoms with Crippen molar-refractivity contribution in [1.82, 2.24) is 19.6 Å². The summed E-state index contributed by atoms with van der Waals surface area (Å²) >= 11 is 5.39. The van der Waals surface area contributed by atoms with Crippen molar-refractivity contribution in [3.05, 3.63) is 75.3 Å². The van der Waals surface area contributed by atoms with Crippen molar-refractivity contribution in [3.8, 4) is 11.1 Å². The Bertz CT molecular complexity index is 1290. The van der Waals surface area contributed by atoms with Gasteiger partial charge in [0.2, 0.25) is 5.91 Å². The number of aromatic nitrogens is 2. The van der Waals surface area contributed by atoms with Gasteiger partial charge in [0.05, 0.1) is 6.54 Å². The number of alkyl halides is 3. The molecule has 0 saturated carbocycles. The van der Waals surface area contributed by atoms with Crippen molar-refractivity contribution in [3.63, 3.8) is 0 Å². The van der Waals surface area contributed by atoms with Gasteiger partial charge in [-0.15, -0.1) is 11.3 Å². The monoisotopic (exact) mass is 730 g/mol. The lowest BCUT2D eigenvalue weighted by Gasteiger charge is -2.34. The van der Waals surface area contributed by atoms with Gasteiger partial charge in [-0.1, -0.05) is 30.3 Å². The molecule has 1 fully saturated rings.